The second kappa shape index (κ2) is 10.0. The van der Waals surface area contributed by atoms with E-state index in [4.69, 9.17) is 23.2 Å². The van der Waals surface area contributed by atoms with Gasteiger partial charge in [0.05, 0.1) is 38.1 Å². The van der Waals surface area contributed by atoms with Crippen LogP contribution in [0, 0.1) is 0 Å². The Morgan fingerprint density at radius 3 is 2.17 bits per heavy atom. The van der Waals surface area contributed by atoms with Gasteiger partial charge in [-0.3, -0.25) is 19.8 Å². The normalized spacial score (nSPS) is 11.3. The highest BCUT2D eigenvalue weighted by atomic mass is 35.5. The zero-order chi connectivity index (χ0) is 26.0. The summed E-state index contributed by atoms with van der Waals surface area (Å²) in [5.74, 6) is -1.43. The van der Waals surface area contributed by atoms with Gasteiger partial charge in [-0.05, 0) is 48.5 Å². The summed E-state index contributed by atoms with van der Waals surface area (Å²) < 4.78 is 38.3. The molecule has 0 radical (unpaired) electrons. The number of hydrogen-bond donors (Lipinski definition) is 3. The minimum atomic E-state index is -4.54. The molecule has 36 heavy (non-hydrogen) atoms. The predicted octanol–water partition coefficient (Wildman–Crippen LogP) is 6.35. The van der Waals surface area contributed by atoms with Crippen LogP contribution in [0.1, 0.15) is 26.3 Å². The fourth-order valence-electron chi connectivity index (χ4n) is 3.38. The molecule has 0 aliphatic heterocycles. The van der Waals surface area contributed by atoms with Crippen molar-refractivity contribution >= 4 is 57.3 Å². The van der Waals surface area contributed by atoms with Crippen molar-refractivity contribution in [2.45, 2.75) is 6.18 Å². The number of carbonyl (C=O) groups is 2. The molecule has 0 fully saturated rings. The lowest BCUT2D eigenvalue weighted by molar-refractivity contribution is -0.137. The van der Waals surface area contributed by atoms with Crippen molar-refractivity contribution in [3.8, 4) is 0 Å². The molecule has 1 aromatic heterocycles. The lowest BCUT2D eigenvalue weighted by atomic mass is 10.1. The summed E-state index contributed by atoms with van der Waals surface area (Å²) in [6.07, 6.45) is -3.21. The molecular weight excluding hydrogens is 520 g/mol. The highest BCUT2D eigenvalue weighted by Gasteiger charge is 2.30. The third-order valence-electron chi connectivity index (χ3n) is 5.10. The molecule has 3 aromatic carbocycles. The largest absolute Gasteiger partial charge is 0.416 e. The Bertz CT molecular complexity index is 1440. The molecule has 0 aliphatic rings. The van der Waals surface area contributed by atoms with Gasteiger partial charge in [0.1, 0.15) is 0 Å². The zero-order valence-corrected chi connectivity index (χ0v) is 19.5. The topological polar surface area (TPSA) is 94.6 Å². The van der Waals surface area contributed by atoms with Crippen molar-refractivity contribution in [1.29, 1.82) is 0 Å². The molecule has 0 bridgehead atoms. The second-order valence-electron chi connectivity index (χ2n) is 7.41. The second-order valence-corrected chi connectivity index (χ2v) is 8.22. The summed E-state index contributed by atoms with van der Waals surface area (Å²) in [7, 11) is 0. The first-order chi connectivity index (χ1) is 17.1. The van der Waals surface area contributed by atoms with Crippen molar-refractivity contribution < 1.29 is 28.0 Å². The average molecular weight is 535 g/mol. The minimum Gasteiger partial charge on any atom is -0.320 e. The number of nitrogens with one attached hydrogen (secondary N) is 2. The molecule has 0 atom stereocenters. The number of para-hydroxylation sites is 1. The van der Waals surface area contributed by atoms with Crippen molar-refractivity contribution in [2.24, 2.45) is 0 Å². The molecule has 2 amide bonds. The minimum absolute atomic E-state index is 0.0709. The molecule has 7 nitrogen and oxygen atoms in total. The fraction of sp³-hybridized carbons (Fsp3) is 0.0417. The molecule has 0 saturated carbocycles. The smallest absolute Gasteiger partial charge is 0.320 e. The van der Waals surface area contributed by atoms with Gasteiger partial charge in [0, 0.05) is 17.1 Å². The SMILES string of the molecule is O=C(NN(O)c1ccnc2c(NC(=O)c3c(Cl)cccc3Cl)cccc12)c1ccc(C(F)(F)F)cc1. The molecule has 184 valence electrons. The Balaban J connectivity index is 1.59. The first-order valence-corrected chi connectivity index (χ1v) is 10.9. The van der Waals surface area contributed by atoms with Crippen LogP contribution in [0.5, 0.6) is 0 Å². The van der Waals surface area contributed by atoms with Gasteiger partial charge >= 0.3 is 6.18 Å². The fourth-order valence-corrected chi connectivity index (χ4v) is 3.95. The highest BCUT2D eigenvalue weighted by Crippen LogP contribution is 2.31. The van der Waals surface area contributed by atoms with Crippen LogP contribution in [-0.2, 0) is 6.18 Å². The van der Waals surface area contributed by atoms with Gasteiger partial charge in [-0.2, -0.15) is 18.3 Å². The molecule has 0 aliphatic carbocycles. The van der Waals surface area contributed by atoms with Gasteiger partial charge in [-0.15, -0.1) is 0 Å². The molecule has 4 aromatic rings. The molecule has 0 spiro atoms. The predicted molar refractivity (Wildman–Crippen MR) is 129 cm³/mol. The van der Waals surface area contributed by atoms with Gasteiger partial charge < -0.3 is 5.32 Å². The molecule has 4 rings (SSSR count). The van der Waals surface area contributed by atoms with Crippen molar-refractivity contribution in [3.63, 3.8) is 0 Å². The number of aromatic nitrogens is 1. The number of rotatable bonds is 5. The van der Waals surface area contributed by atoms with Crippen molar-refractivity contribution in [1.82, 2.24) is 10.4 Å². The summed E-state index contributed by atoms with van der Waals surface area (Å²) in [5.41, 5.74) is 1.88. The Morgan fingerprint density at radius 1 is 0.889 bits per heavy atom. The van der Waals surface area contributed by atoms with Crippen LogP contribution in [0.2, 0.25) is 10.0 Å². The first-order valence-electron chi connectivity index (χ1n) is 10.2. The summed E-state index contributed by atoms with van der Waals surface area (Å²) >= 11 is 12.2. The Kier molecular flexibility index (Phi) is 7.02. The number of amides is 2. The van der Waals surface area contributed by atoms with E-state index >= 15 is 0 Å². The maximum atomic E-state index is 12.8. The maximum Gasteiger partial charge on any atom is 0.416 e. The summed E-state index contributed by atoms with van der Waals surface area (Å²) in [5, 5.41) is 14.3. The number of benzene rings is 3. The summed E-state index contributed by atoms with van der Waals surface area (Å²) in [6, 6.07) is 14.3. The maximum absolute atomic E-state index is 12.8. The average Bonchev–Trinajstić information content (AvgIpc) is 2.83. The lowest BCUT2D eigenvalue weighted by Crippen LogP contribution is -2.40. The van der Waals surface area contributed by atoms with Crippen LogP contribution in [0.25, 0.3) is 10.9 Å². The quantitative estimate of drug-likeness (QED) is 0.259. The third-order valence-corrected chi connectivity index (χ3v) is 5.73. The van der Waals surface area contributed by atoms with E-state index in [-0.39, 0.29) is 38.1 Å². The number of nitrogens with zero attached hydrogens (tertiary/aromatic N) is 2. The van der Waals surface area contributed by atoms with Crippen LogP contribution in [0.4, 0.5) is 24.5 Å². The van der Waals surface area contributed by atoms with E-state index in [2.05, 4.69) is 15.7 Å². The number of fused-ring (bicyclic) bond motifs is 1. The molecule has 0 saturated heterocycles. The third kappa shape index (κ3) is 5.20. The van der Waals surface area contributed by atoms with Gasteiger partial charge in [0.2, 0.25) is 0 Å². The molecule has 12 heteroatoms. The molecular formula is C24H15Cl2F3N4O3. The number of pyridine rings is 1. The number of hydrogen-bond acceptors (Lipinski definition) is 5. The van der Waals surface area contributed by atoms with Gasteiger partial charge in [-0.1, -0.05) is 41.4 Å². The Labute approximate surface area is 212 Å². The van der Waals surface area contributed by atoms with Crippen LogP contribution in [-0.4, -0.2) is 22.0 Å². The van der Waals surface area contributed by atoms with E-state index in [0.717, 1.165) is 24.3 Å². The van der Waals surface area contributed by atoms with Gasteiger partial charge in [-0.25, -0.2) is 5.43 Å². The Morgan fingerprint density at radius 2 is 1.53 bits per heavy atom. The number of halogens is 5. The van der Waals surface area contributed by atoms with Gasteiger partial charge in [0.25, 0.3) is 11.8 Å². The lowest BCUT2D eigenvalue weighted by Gasteiger charge is -2.20. The monoisotopic (exact) mass is 534 g/mol. The van der Waals surface area contributed by atoms with E-state index in [1.54, 1.807) is 24.3 Å². The zero-order valence-electron chi connectivity index (χ0n) is 18.0. The standard InChI is InChI=1S/C24H15Cl2F3N4O3/c25-16-4-2-5-17(26)20(16)23(35)31-18-6-1-3-15-19(11-12-30-21(15)18)33(36)32-22(34)13-7-9-14(10-8-13)24(27,28)29/h1-12,36H,(H,31,35)(H,32,34). The van der Waals surface area contributed by atoms with Crippen molar-refractivity contribution in [3.05, 3.63) is 99.7 Å². The number of carbonyl (C=O) groups excluding carboxylic acids is 2. The number of anilines is 2. The molecule has 3 N–H and O–H groups in total. The molecule has 1 heterocycles. The van der Waals surface area contributed by atoms with E-state index in [9.17, 15) is 28.0 Å². The van der Waals surface area contributed by atoms with Crippen LogP contribution in [0.15, 0.2) is 72.9 Å². The Hall–Kier alpha value is -3.86. The van der Waals surface area contributed by atoms with Crippen molar-refractivity contribution in [2.75, 3.05) is 10.5 Å². The summed E-state index contributed by atoms with van der Waals surface area (Å²) in [6.45, 7) is 0. The summed E-state index contributed by atoms with van der Waals surface area (Å²) in [4.78, 5) is 29.5. The van der Waals surface area contributed by atoms with E-state index in [0.29, 0.717) is 10.6 Å². The number of alkyl halides is 3. The number of hydrazine groups is 1. The highest BCUT2D eigenvalue weighted by molar-refractivity contribution is 6.40. The van der Waals surface area contributed by atoms with E-state index in [1.807, 2.05) is 0 Å². The van der Waals surface area contributed by atoms with Crippen LogP contribution >= 0.6 is 23.2 Å². The van der Waals surface area contributed by atoms with Crippen LogP contribution < -0.4 is 15.9 Å². The van der Waals surface area contributed by atoms with Crippen LogP contribution in [0.3, 0.4) is 0 Å². The van der Waals surface area contributed by atoms with Gasteiger partial charge in [0.15, 0.2) is 0 Å². The molecule has 0 unspecified atom stereocenters. The van der Waals surface area contributed by atoms with E-state index < -0.39 is 23.6 Å². The van der Waals surface area contributed by atoms with E-state index in [1.165, 1.54) is 24.4 Å². The first kappa shape index (κ1) is 25.2.